The Morgan fingerprint density at radius 2 is 1.89 bits per heavy atom. The maximum Gasteiger partial charge on any atom is 0.446 e. The number of benzene rings is 1. The van der Waals surface area contributed by atoms with Crippen LogP contribution in [0.4, 0.5) is 13.2 Å². The second kappa shape index (κ2) is 6.81. The van der Waals surface area contributed by atoms with Gasteiger partial charge in [-0.3, -0.25) is 4.79 Å². The monoisotopic (exact) mass is 292 g/mol. The summed E-state index contributed by atoms with van der Waals surface area (Å²) in [5.74, 6) is -0.135. The molecule has 0 saturated heterocycles. The summed E-state index contributed by atoms with van der Waals surface area (Å²) in [6.07, 6.45) is 0. The van der Waals surface area contributed by atoms with Gasteiger partial charge in [-0.25, -0.2) is 0 Å². The van der Waals surface area contributed by atoms with Crippen molar-refractivity contribution in [1.29, 1.82) is 0 Å². The number of carbonyl (C=O) groups is 1. The summed E-state index contributed by atoms with van der Waals surface area (Å²) >= 11 is -0.142. The van der Waals surface area contributed by atoms with Crippen LogP contribution in [-0.4, -0.2) is 24.5 Å². The smallest absolute Gasteiger partial charge is 0.358 e. The fraction of sp³-hybridized carbons (Fsp3) is 0.417. The van der Waals surface area contributed by atoms with Gasteiger partial charge in [0.15, 0.2) is 0 Å². The molecule has 1 rings (SSSR count). The van der Waals surface area contributed by atoms with Crippen molar-refractivity contribution in [2.24, 2.45) is 0 Å². The molecule has 0 aromatic heterocycles. The maximum absolute atomic E-state index is 12.1. The van der Waals surface area contributed by atoms with Crippen LogP contribution in [0.5, 0.6) is 0 Å². The van der Waals surface area contributed by atoms with Crippen LogP contribution < -0.4 is 10.6 Å². The summed E-state index contributed by atoms with van der Waals surface area (Å²) < 4.78 is 36.4. The highest BCUT2D eigenvalue weighted by atomic mass is 32.2. The van der Waals surface area contributed by atoms with E-state index in [1.807, 2.05) is 0 Å². The van der Waals surface area contributed by atoms with Gasteiger partial charge in [-0.2, -0.15) is 13.2 Å². The molecule has 106 valence electrons. The molecule has 1 amide bonds. The van der Waals surface area contributed by atoms with Crippen molar-refractivity contribution < 1.29 is 18.0 Å². The van der Waals surface area contributed by atoms with Crippen LogP contribution in [0.25, 0.3) is 0 Å². The van der Waals surface area contributed by atoms with E-state index in [1.54, 1.807) is 26.1 Å². The molecule has 1 atom stereocenters. The molecule has 0 saturated carbocycles. The number of carbonyl (C=O) groups excluding carboxylic acids is 1. The van der Waals surface area contributed by atoms with E-state index in [0.29, 0.717) is 6.54 Å². The molecular weight excluding hydrogens is 277 g/mol. The Morgan fingerprint density at radius 3 is 2.37 bits per heavy atom. The van der Waals surface area contributed by atoms with Crippen LogP contribution in [0.3, 0.4) is 0 Å². The minimum absolute atomic E-state index is 0.135. The number of alkyl halides is 3. The van der Waals surface area contributed by atoms with Crippen molar-refractivity contribution in [3.8, 4) is 0 Å². The SMILES string of the molecule is CNC(=O)C(C)NCc1ccc(SC(F)(F)F)cc1. The molecule has 0 spiro atoms. The lowest BCUT2D eigenvalue weighted by molar-refractivity contribution is -0.122. The fourth-order valence-corrected chi connectivity index (χ4v) is 1.93. The predicted molar refractivity (Wildman–Crippen MR) is 68.7 cm³/mol. The Kier molecular flexibility index (Phi) is 5.68. The molecule has 1 aromatic carbocycles. The molecule has 2 N–H and O–H groups in total. The first kappa shape index (κ1) is 15.8. The van der Waals surface area contributed by atoms with E-state index >= 15 is 0 Å². The third-order valence-corrected chi connectivity index (χ3v) is 3.15. The summed E-state index contributed by atoms with van der Waals surface area (Å²) in [7, 11) is 1.55. The van der Waals surface area contributed by atoms with Gasteiger partial charge in [-0.1, -0.05) is 12.1 Å². The first-order valence-electron chi connectivity index (χ1n) is 5.61. The van der Waals surface area contributed by atoms with E-state index in [1.165, 1.54) is 12.1 Å². The predicted octanol–water partition coefficient (Wildman–Crippen LogP) is 2.52. The van der Waals surface area contributed by atoms with E-state index in [9.17, 15) is 18.0 Å². The molecule has 0 radical (unpaired) electrons. The summed E-state index contributed by atoms with van der Waals surface area (Å²) in [4.78, 5) is 11.4. The summed E-state index contributed by atoms with van der Waals surface area (Å²) in [5, 5.41) is 5.48. The fourth-order valence-electron chi connectivity index (χ4n) is 1.39. The molecule has 3 nitrogen and oxygen atoms in total. The molecule has 0 heterocycles. The van der Waals surface area contributed by atoms with E-state index in [-0.39, 0.29) is 28.6 Å². The Bertz CT molecular complexity index is 420. The maximum atomic E-state index is 12.1. The molecule has 7 heteroatoms. The van der Waals surface area contributed by atoms with Gasteiger partial charge in [0.25, 0.3) is 0 Å². The largest absolute Gasteiger partial charge is 0.446 e. The first-order valence-corrected chi connectivity index (χ1v) is 6.43. The zero-order valence-electron chi connectivity index (χ0n) is 10.5. The van der Waals surface area contributed by atoms with Gasteiger partial charge in [0.05, 0.1) is 6.04 Å². The molecule has 0 aliphatic heterocycles. The highest BCUT2D eigenvalue weighted by Crippen LogP contribution is 2.36. The number of rotatable bonds is 5. The van der Waals surface area contributed by atoms with Crippen LogP contribution in [-0.2, 0) is 11.3 Å². The van der Waals surface area contributed by atoms with Gasteiger partial charge in [0.2, 0.25) is 5.91 Å². The lowest BCUT2D eigenvalue weighted by Crippen LogP contribution is -2.40. The zero-order valence-corrected chi connectivity index (χ0v) is 11.4. The highest BCUT2D eigenvalue weighted by molar-refractivity contribution is 8.00. The lowest BCUT2D eigenvalue weighted by Gasteiger charge is -2.12. The van der Waals surface area contributed by atoms with Crippen LogP contribution in [0.1, 0.15) is 12.5 Å². The van der Waals surface area contributed by atoms with Crippen LogP contribution in [0, 0.1) is 0 Å². The molecule has 0 fully saturated rings. The average Bonchev–Trinajstić information content (AvgIpc) is 2.34. The summed E-state index contributed by atoms with van der Waals surface area (Å²) in [5.41, 5.74) is -3.45. The normalized spacial score (nSPS) is 13.1. The molecule has 1 aromatic rings. The Balaban J connectivity index is 2.51. The van der Waals surface area contributed by atoms with Crippen LogP contribution in [0.2, 0.25) is 0 Å². The third-order valence-electron chi connectivity index (χ3n) is 2.41. The van der Waals surface area contributed by atoms with Crippen molar-refractivity contribution in [1.82, 2.24) is 10.6 Å². The number of halogens is 3. The molecule has 0 aliphatic rings. The molecule has 0 aliphatic carbocycles. The van der Waals surface area contributed by atoms with Gasteiger partial charge in [0, 0.05) is 18.5 Å². The number of thioether (sulfide) groups is 1. The number of likely N-dealkylation sites (N-methyl/N-ethyl adjacent to an activating group) is 1. The third kappa shape index (κ3) is 5.98. The molecular formula is C12H15F3N2OS. The van der Waals surface area contributed by atoms with Crippen LogP contribution in [0.15, 0.2) is 29.2 Å². The standard InChI is InChI=1S/C12H15F3N2OS/c1-8(11(18)16-2)17-7-9-3-5-10(6-4-9)19-12(13,14)15/h3-6,8,17H,7H2,1-2H3,(H,16,18). The van der Waals surface area contributed by atoms with E-state index < -0.39 is 5.51 Å². The van der Waals surface area contributed by atoms with Crippen molar-refractivity contribution >= 4 is 17.7 Å². The van der Waals surface area contributed by atoms with Crippen molar-refractivity contribution in [3.05, 3.63) is 29.8 Å². The lowest BCUT2D eigenvalue weighted by atomic mass is 10.2. The van der Waals surface area contributed by atoms with Gasteiger partial charge in [-0.05, 0) is 36.4 Å². The highest BCUT2D eigenvalue weighted by Gasteiger charge is 2.28. The number of hydrogen-bond acceptors (Lipinski definition) is 3. The summed E-state index contributed by atoms with van der Waals surface area (Å²) in [6, 6.07) is 5.70. The van der Waals surface area contributed by atoms with Gasteiger partial charge < -0.3 is 10.6 Å². The molecule has 1 unspecified atom stereocenters. The Labute approximate surface area is 114 Å². The van der Waals surface area contributed by atoms with Gasteiger partial charge >= 0.3 is 5.51 Å². The first-order chi connectivity index (χ1) is 8.81. The number of nitrogens with one attached hydrogen (secondary N) is 2. The number of hydrogen-bond donors (Lipinski definition) is 2. The van der Waals surface area contributed by atoms with Crippen molar-refractivity contribution in [2.45, 2.75) is 29.9 Å². The Hall–Kier alpha value is -1.21. The van der Waals surface area contributed by atoms with Crippen molar-refractivity contribution in [3.63, 3.8) is 0 Å². The van der Waals surface area contributed by atoms with Crippen LogP contribution >= 0.6 is 11.8 Å². The molecule has 0 bridgehead atoms. The van der Waals surface area contributed by atoms with Crippen molar-refractivity contribution in [2.75, 3.05) is 7.05 Å². The minimum Gasteiger partial charge on any atom is -0.358 e. The minimum atomic E-state index is -4.27. The number of amides is 1. The molecule has 19 heavy (non-hydrogen) atoms. The Morgan fingerprint density at radius 1 is 1.32 bits per heavy atom. The second-order valence-corrected chi connectivity index (χ2v) is 5.05. The zero-order chi connectivity index (χ0) is 14.5. The quantitative estimate of drug-likeness (QED) is 0.819. The van der Waals surface area contributed by atoms with E-state index in [2.05, 4.69) is 10.6 Å². The summed E-state index contributed by atoms with van der Waals surface area (Å²) in [6.45, 7) is 2.14. The van der Waals surface area contributed by atoms with Gasteiger partial charge in [0.1, 0.15) is 0 Å². The van der Waals surface area contributed by atoms with E-state index in [4.69, 9.17) is 0 Å². The average molecular weight is 292 g/mol. The van der Waals surface area contributed by atoms with E-state index in [0.717, 1.165) is 5.56 Å². The van der Waals surface area contributed by atoms with Gasteiger partial charge in [-0.15, -0.1) is 0 Å². The topological polar surface area (TPSA) is 41.1 Å². The second-order valence-electron chi connectivity index (χ2n) is 3.91.